The molecular weight excluding hydrogens is 352 g/mol. The van der Waals surface area contributed by atoms with E-state index in [9.17, 15) is 0 Å². The molecule has 112 valence electrons. The van der Waals surface area contributed by atoms with Crippen LogP contribution in [-0.2, 0) is 0 Å². The van der Waals surface area contributed by atoms with Crippen LogP contribution < -0.4 is 15.4 Å². The summed E-state index contributed by atoms with van der Waals surface area (Å²) in [5.41, 5.74) is 8.13. The van der Waals surface area contributed by atoms with E-state index in [0.29, 0.717) is 11.6 Å². The fourth-order valence-corrected chi connectivity index (χ4v) is 2.95. The molecule has 0 aliphatic rings. The zero-order chi connectivity index (χ0) is 15.4. The van der Waals surface area contributed by atoms with Crippen LogP contribution in [-0.4, -0.2) is 20.7 Å². The van der Waals surface area contributed by atoms with E-state index in [1.807, 2.05) is 49.5 Å². The molecule has 0 aliphatic heterocycles. The van der Waals surface area contributed by atoms with Crippen molar-refractivity contribution in [3.8, 4) is 5.75 Å². The number of hydrogen-bond acceptors (Lipinski definition) is 3. The number of halogens is 2. The quantitative estimate of drug-likeness (QED) is 0.856. The average Bonchev–Trinajstić information content (AvgIpc) is 2.51. The predicted molar refractivity (Wildman–Crippen MR) is 92.3 cm³/mol. The van der Waals surface area contributed by atoms with Gasteiger partial charge in [-0.2, -0.15) is 0 Å². The zero-order valence-corrected chi connectivity index (χ0v) is 14.4. The molecule has 0 bridgehead atoms. The first-order valence-electron chi connectivity index (χ1n) is 6.58. The molecule has 0 saturated carbocycles. The SMILES string of the molecule is COc1ccc(N(C)C(CN)c2cc(Cl)ccc2Br)cc1. The number of hydrogen-bond donors (Lipinski definition) is 1. The van der Waals surface area contributed by atoms with Crippen LogP contribution in [0, 0.1) is 0 Å². The Morgan fingerprint density at radius 2 is 1.90 bits per heavy atom. The number of likely N-dealkylation sites (N-methyl/N-ethyl adjacent to an activating group) is 1. The van der Waals surface area contributed by atoms with Gasteiger partial charge in [-0.25, -0.2) is 0 Å². The number of benzene rings is 2. The molecule has 0 fully saturated rings. The first kappa shape index (κ1) is 16.1. The summed E-state index contributed by atoms with van der Waals surface area (Å²) in [6.07, 6.45) is 0. The molecule has 0 radical (unpaired) electrons. The lowest BCUT2D eigenvalue weighted by Crippen LogP contribution is -2.30. The summed E-state index contributed by atoms with van der Waals surface area (Å²) < 4.78 is 6.19. The lowest BCUT2D eigenvalue weighted by atomic mass is 10.0. The monoisotopic (exact) mass is 368 g/mol. The van der Waals surface area contributed by atoms with Crippen molar-refractivity contribution < 1.29 is 4.74 Å². The molecule has 0 aliphatic carbocycles. The molecule has 0 amide bonds. The molecule has 1 atom stereocenters. The van der Waals surface area contributed by atoms with Gasteiger partial charge in [0, 0.05) is 28.8 Å². The highest BCUT2D eigenvalue weighted by Crippen LogP contribution is 2.32. The molecule has 2 N–H and O–H groups in total. The number of nitrogens with two attached hydrogens (primary N) is 1. The smallest absolute Gasteiger partial charge is 0.119 e. The van der Waals surface area contributed by atoms with Crippen molar-refractivity contribution in [3.63, 3.8) is 0 Å². The Morgan fingerprint density at radius 1 is 1.24 bits per heavy atom. The van der Waals surface area contributed by atoms with E-state index in [1.165, 1.54) is 0 Å². The Labute approximate surface area is 138 Å². The Kier molecular flexibility index (Phi) is 5.51. The first-order valence-corrected chi connectivity index (χ1v) is 7.75. The predicted octanol–water partition coefficient (Wildman–Crippen LogP) is 4.25. The van der Waals surface area contributed by atoms with Crippen molar-refractivity contribution in [3.05, 3.63) is 57.5 Å². The lowest BCUT2D eigenvalue weighted by Gasteiger charge is -2.30. The van der Waals surface area contributed by atoms with E-state index in [0.717, 1.165) is 21.5 Å². The first-order chi connectivity index (χ1) is 10.1. The molecule has 21 heavy (non-hydrogen) atoms. The molecule has 1 unspecified atom stereocenters. The van der Waals surface area contributed by atoms with E-state index in [4.69, 9.17) is 22.1 Å². The number of ether oxygens (including phenoxy) is 1. The van der Waals surface area contributed by atoms with Gasteiger partial charge >= 0.3 is 0 Å². The summed E-state index contributed by atoms with van der Waals surface area (Å²) >= 11 is 9.69. The van der Waals surface area contributed by atoms with E-state index >= 15 is 0 Å². The molecule has 2 aromatic rings. The van der Waals surface area contributed by atoms with Crippen LogP contribution in [0.15, 0.2) is 46.9 Å². The Bertz CT molecular complexity index is 604. The van der Waals surface area contributed by atoms with Gasteiger partial charge in [-0.15, -0.1) is 0 Å². The van der Waals surface area contributed by atoms with Gasteiger partial charge in [0.2, 0.25) is 0 Å². The normalized spacial score (nSPS) is 12.0. The largest absolute Gasteiger partial charge is 0.497 e. The van der Waals surface area contributed by atoms with Gasteiger partial charge in [0.15, 0.2) is 0 Å². The van der Waals surface area contributed by atoms with Crippen LogP contribution in [0.4, 0.5) is 5.69 Å². The number of rotatable bonds is 5. The molecular formula is C16H18BrClN2O. The second-order valence-corrected chi connectivity index (χ2v) is 6.02. The second-order valence-electron chi connectivity index (χ2n) is 4.73. The van der Waals surface area contributed by atoms with Crippen molar-refractivity contribution in [2.75, 3.05) is 25.6 Å². The van der Waals surface area contributed by atoms with Gasteiger partial charge in [0.1, 0.15) is 5.75 Å². The Hall–Kier alpha value is -1.23. The van der Waals surface area contributed by atoms with Crippen LogP contribution in [0.3, 0.4) is 0 Å². The summed E-state index contributed by atoms with van der Waals surface area (Å²) in [6.45, 7) is 0.488. The molecule has 0 saturated heterocycles. The number of methoxy groups -OCH3 is 1. The Balaban J connectivity index is 2.33. The highest BCUT2D eigenvalue weighted by molar-refractivity contribution is 9.10. The van der Waals surface area contributed by atoms with Crippen LogP contribution in [0.5, 0.6) is 5.75 Å². The van der Waals surface area contributed by atoms with E-state index in [2.05, 4.69) is 20.8 Å². The van der Waals surface area contributed by atoms with Gasteiger partial charge in [-0.1, -0.05) is 27.5 Å². The van der Waals surface area contributed by atoms with Gasteiger partial charge in [0.05, 0.1) is 13.2 Å². The highest BCUT2D eigenvalue weighted by atomic mass is 79.9. The molecule has 2 rings (SSSR count). The topological polar surface area (TPSA) is 38.5 Å². The fourth-order valence-electron chi connectivity index (χ4n) is 2.26. The second kappa shape index (κ2) is 7.16. The van der Waals surface area contributed by atoms with Crippen molar-refractivity contribution in [1.29, 1.82) is 0 Å². The van der Waals surface area contributed by atoms with Crippen molar-refractivity contribution in [2.45, 2.75) is 6.04 Å². The molecule has 2 aromatic carbocycles. The zero-order valence-electron chi connectivity index (χ0n) is 12.0. The van der Waals surface area contributed by atoms with E-state index in [-0.39, 0.29) is 6.04 Å². The molecule has 3 nitrogen and oxygen atoms in total. The maximum Gasteiger partial charge on any atom is 0.119 e. The summed E-state index contributed by atoms with van der Waals surface area (Å²) in [6, 6.07) is 13.7. The van der Waals surface area contributed by atoms with Gasteiger partial charge < -0.3 is 15.4 Å². The lowest BCUT2D eigenvalue weighted by molar-refractivity contribution is 0.415. The number of anilines is 1. The fraction of sp³-hybridized carbons (Fsp3) is 0.250. The van der Waals surface area contributed by atoms with Crippen molar-refractivity contribution in [1.82, 2.24) is 0 Å². The molecule has 0 heterocycles. The third kappa shape index (κ3) is 3.70. The third-order valence-corrected chi connectivity index (χ3v) is 4.44. The summed E-state index contributed by atoms with van der Waals surface area (Å²) in [7, 11) is 3.68. The summed E-state index contributed by atoms with van der Waals surface area (Å²) in [5.74, 6) is 0.834. The minimum absolute atomic E-state index is 0.0338. The minimum atomic E-state index is 0.0338. The number of nitrogens with zero attached hydrogens (tertiary/aromatic N) is 1. The Morgan fingerprint density at radius 3 is 2.48 bits per heavy atom. The molecule has 5 heteroatoms. The van der Waals surface area contributed by atoms with Crippen LogP contribution in [0.1, 0.15) is 11.6 Å². The highest BCUT2D eigenvalue weighted by Gasteiger charge is 2.19. The van der Waals surface area contributed by atoms with Gasteiger partial charge in [-0.3, -0.25) is 0 Å². The van der Waals surface area contributed by atoms with Gasteiger partial charge in [0.25, 0.3) is 0 Å². The van der Waals surface area contributed by atoms with Crippen LogP contribution in [0.25, 0.3) is 0 Å². The maximum atomic E-state index is 6.11. The summed E-state index contributed by atoms with van der Waals surface area (Å²) in [5, 5.41) is 0.704. The molecule has 0 spiro atoms. The van der Waals surface area contributed by atoms with Crippen LogP contribution >= 0.6 is 27.5 Å². The van der Waals surface area contributed by atoms with Crippen molar-refractivity contribution >= 4 is 33.2 Å². The minimum Gasteiger partial charge on any atom is -0.497 e. The maximum absolute atomic E-state index is 6.11. The van der Waals surface area contributed by atoms with E-state index in [1.54, 1.807) is 7.11 Å². The average molecular weight is 370 g/mol. The van der Waals surface area contributed by atoms with Crippen LogP contribution in [0.2, 0.25) is 5.02 Å². The van der Waals surface area contributed by atoms with E-state index < -0.39 is 0 Å². The third-order valence-electron chi connectivity index (χ3n) is 3.49. The standard InChI is InChI=1S/C16H18BrClN2O/c1-20(12-4-6-13(21-2)7-5-12)16(10-19)14-9-11(18)3-8-15(14)17/h3-9,16H,10,19H2,1-2H3. The van der Waals surface area contributed by atoms with Gasteiger partial charge in [-0.05, 0) is 48.0 Å². The van der Waals surface area contributed by atoms with Crippen molar-refractivity contribution in [2.24, 2.45) is 5.73 Å². The summed E-state index contributed by atoms with van der Waals surface area (Å²) in [4.78, 5) is 2.13. The molecule has 0 aromatic heterocycles.